The quantitative estimate of drug-likeness (QED) is 0.668. The van der Waals surface area contributed by atoms with Gasteiger partial charge in [-0.1, -0.05) is 5.16 Å². The summed E-state index contributed by atoms with van der Waals surface area (Å²) in [6.07, 6.45) is 6.27. The molecule has 146 valence electrons. The highest BCUT2D eigenvalue weighted by Gasteiger charge is 2.23. The van der Waals surface area contributed by atoms with E-state index in [-0.39, 0.29) is 11.9 Å². The molecule has 4 rings (SSSR count). The highest BCUT2D eigenvalue weighted by atomic mass is 16.5. The summed E-state index contributed by atoms with van der Waals surface area (Å²) < 4.78 is 15.9. The number of furan rings is 1. The SMILES string of the molecule is COc1ccc(-c2noc(CCCC(=O)NC3CCCc4occc43)n2)cc1. The number of carbonyl (C=O) groups excluding carboxylic acids is 1. The van der Waals surface area contributed by atoms with Gasteiger partial charge >= 0.3 is 0 Å². The summed E-state index contributed by atoms with van der Waals surface area (Å²) in [5, 5.41) is 7.13. The van der Waals surface area contributed by atoms with Gasteiger partial charge in [-0.05, 0) is 49.6 Å². The second-order valence-electron chi connectivity index (χ2n) is 6.91. The van der Waals surface area contributed by atoms with Crippen molar-refractivity contribution in [2.75, 3.05) is 7.11 Å². The van der Waals surface area contributed by atoms with Crippen LogP contribution in [-0.4, -0.2) is 23.2 Å². The first-order valence-corrected chi connectivity index (χ1v) is 9.55. The minimum atomic E-state index is 0.0361. The number of hydrogen-bond donors (Lipinski definition) is 1. The predicted octanol–water partition coefficient (Wildman–Crippen LogP) is 3.85. The molecule has 7 nitrogen and oxygen atoms in total. The summed E-state index contributed by atoms with van der Waals surface area (Å²) in [6, 6.07) is 9.49. The van der Waals surface area contributed by atoms with Gasteiger partial charge in [0.15, 0.2) is 0 Å². The first-order chi connectivity index (χ1) is 13.7. The number of methoxy groups -OCH3 is 1. The molecule has 2 heterocycles. The highest BCUT2D eigenvalue weighted by molar-refractivity contribution is 5.76. The Morgan fingerprint density at radius 2 is 2.14 bits per heavy atom. The lowest BCUT2D eigenvalue weighted by Crippen LogP contribution is -2.30. The van der Waals surface area contributed by atoms with Crippen LogP contribution in [0, 0.1) is 0 Å². The van der Waals surface area contributed by atoms with E-state index in [1.807, 2.05) is 30.3 Å². The van der Waals surface area contributed by atoms with Crippen molar-refractivity contribution in [2.45, 2.75) is 44.6 Å². The minimum Gasteiger partial charge on any atom is -0.497 e. The summed E-state index contributed by atoms with van der Waals surface area (Å²) in [5.74, 6) is 2.88. The lowest BCUT2D eigenvalue weighted by molar-refractivity contribution is -0.122. The van der Waals surface area contributed by atoms with Crippen LogP contribution in [0.4, 0.5) is 0 Å². The second kappa shape index (κ2) is 8.29. The number of benzene rings is 1. The minimum absolute atomic E-state index is 0.0361. The number of aryl methyl sites for hydroxylation is 2. The Bertz CT molecular complexity index is 929. The van der Waals surface area contributed by atoms with Gasteiger partial charge in [0.25, 0.3) is 0 Å². The van der Waals surface area contributed by atoms with Crippen molar-refractivity contribution in [3.05, 3.63) is 53.8 Å². The molecule has 3 aromatic rings. The highest BCUT2D eigenvalue weighted by Crippen LogP contribution is 2.30. The van der Waals surface area contributed by atoms with Crippen molar-refractivity contribution < 1.29 is 18.5 Å². The van der Waals surface area contributed by atoms with E-state index in [0.717, 1.165) is 41.9 Å². The number of carbonyl (C=O) groups is 1. The number of ether oxygens (including phenoxy) is 1. The fourth-order valence-corrected chi connectivity index (χ4v) is 3.52. The Balaban J connectivity index is 1.26. The average Bonchev–Trinajstić information content (AvgIpc) is 3.38. The van der Waals surface area contributed by atoms with E-state index in [1.165, 1.54) is 0 Å². The molecule has 0 saturated carbocycles. The third-order valence-corrected chi connectivity index (χ3v) is 5.00. The van der Waals surface area contributed by atoms with Crippen molar-refractivity contribution in [1.29, 1.82) is 0 Å². The Hall–Kier alpha value is -3.09. The third-order valence-electron chi connectivity index (χ3n) is 5.00. The van der Waals surface area contributed by atoms with Crippen LogP contribution in [0.15, 0.2) is 45.5 Å². The molecular weight excluding hydrogens is 358 g/mol. The monoisotopic (exact) mass is 381 g/mol. The van der Waals surface area contributed by atoms with Crippen molar-refractivity contribution >= 4 is 5.91 Å². The van der Waals surface area contributed by atoms with E-state index in [9.17, 15) is 4.79 Å². The maximum atomic E-state index is 12.3. The summed E-state index contributed by atoms with van der Waals surface area (Å²) in [7, 11) is 1.62. The number of nitrogens with one attached hydrogen (secondary N) is 1. The van der Waals surface area contributed by atoms with Gasteiger partial charge < -0.3 is 19.0 Å². The van der Waals surface area contributed by atoms with Crippen molar-refractivity contribution in [1.82, 2.24) is 15.5 Å². The normalized spacial score (nSPS) is 15.8. The van der Waals surface area contributed by atoms with Gasteiger partial charge in [0, 0.05) is 30.4 Å². The number of aromatic nitrogens is 2. The van der Waals surface area contributed by atoms with Gasteiger partial charge in [0.1, 0.15) is 11.5 Å². The maximum absolute atomic E-state index is 12.3. The van der Waals surface area contributed by atoms with Gasteiger partial charge in [-0.3, -0.25) is 4.79 Å². The fraction of sp³-hybridized carbons (Fsp3) is 0.381. The van der Waals surface area contributed by atoms with E-state index < -0.39 is 0 Å². The summed E-state index contributed by atoms with van der Waals surface area (Å²) in [5.41, 5.74) is 1.97. The van der Waals surface area contributed by atoms with Gasteiger partial charge in [0.2, 0.25) is 17.6 Å². The maximum Gasteiger partial charge on any atom is 0.226 e. The van der Waals surface area contributed by atoms with Crippen molar-refractivity contribution in [3.8, 4) is 17.1 Å². The molecule has 0 bridgehead atoms. The number of rotatable bonds is 7. The molecule has 1 atom stereocenters. The first kappa shape index (κ1) is 18.3. The lowest BCUT2D eigenvalue weighted by Gasteiger charge is -2.22. The Kier molecular flexibility index (Phi) is 5.41. The van der Waals surface area contributed by atoms with Gasteiger partial charge in [0.05, 0.1) is 19.4 Å². The molecule has 1 aliphatic rings. The van der Waals surface area contributed by atoms with Crippen LogP contribution in [-0.2, 0) is 17.6 Å². The molecule has 1 unspecified atom stereocenters. The summed E-state index contributed by atoms with van der Waals surface area (Å²) in [6.45, 7) is 0. The van der Waals surface area contributed by atoms with E-state index >= 15 is 0 Å². The van der Waals surface area contributed by atoms with Crippen LogP contribution < -0.4 is 10.1 Å². The number of hydrogen-bond acceptors (Lipinski definition) is 6. The smallest absolute Gasteiger partial charge is 0.226 e. The molecule has 2 aromatic heterocycles. The fourth-order valence-electron chi connectivity index (χ4n) is 3.52. The van der Waals surface area contributed by atoms with E-state index in [0.29, 0.717) is 31.0 Å². The molecule has 7 heteroatoms. The van der Waals surface area contributed by atoms with Crippen molar-refractivity contribution in [3.63, 3.8) is 0 Å². The molecule has 1 aromatic carbocycles. The average molecular weight is 381 g/mol. The van der Waals surface area contributed by atoms with Crippen LogP contribution in [0.25, 0.3) is 11.4 Å². The number of amides is 1. The number of fused-ring (bicyclic) bond motifs is 1. The Morgan fingerprint density at radius 3 is 2.96 bits per heavy atom. The summed E-state index contributed by atoms with van der Waals surface area (Å²) >= 11 is 0. The molecule has 0 fully saturated rings. The first-order valence-electron chi connectivity index (χ1n) is 9.55. The van der Waals surface area contributed by atoms with Crippen LogP contribution in [0.2, 0.25) is 0 Å². The van der Waals surface area contributed by atoms with Gasteiger partial charge in [-0.15, -0.1) is 0 Å². The lowest BCUT2D eigenvalue weighted by atomic mass is 9.93. The second-order valence-corrected chi connectivity index (χ2v) is 6.91. The zero-order valence-electron chi connectivity index (χ0n) is 15.8. The molecular formula is C21H23N3O4. The van der Waals surface area contributed by atoms with Crippen LogP contribution >= 0.6 is 0 Å². The molecule has 28 heavy (non-hydrogen) atoms. The molecule has 1 N–H and O–H groups in total. The van der Waals surface area contributed by atoms with Crippen LogP contribution in [0.3, 0.4) is 0 Å². The Labute approximate surface area is 163 Å². The third kappa shape index (κ3) is 4.08. The molecule has 0 radical (unpaired) electrons. The summed E-state index contributed by atoms with van der Waals surface area (Å²) in [4.78, 5) is 16.7. The topological polar surface area (TPSA) is 90.4 Å². The molecule has 1 aliphatic carbocycles. The number of nitrogens with zero attached hydrogens (tertiary/aromatic N) is 2. The Morgan fingerprint density at radius 1 is 1.29 bits per heavy atom. The standard InChI is InChI=1S/C21H23N3O4/c1-26-15-10-8-14(9-11-15)21-23-20(28-24-21)7-3-6-19(25)22-17-4-2-5-18-16(17)12-13-27-18/h8-13,17H,2-7H2,1H3,(H,22,25). The van der Waals surface area contributed by atoms with Crippen LogP contribution in [0.5, 0.6) is 5.75 Å². The van der Waals surface area contributed by atoms with Gasteiger partial charge in [-0.2, -0.15) is 4.98 Å². The van der Waals surface area contributed by atoms with E-state index in [1.54, 1.807) is 13.4 Å². The van der Waals surface area contributed by atoms with Crippen molar-refractivity contribution in [2.24, 2.45) is 0 Å². The predicted molar refractivity (Wildman–Crippen MR) is 102 cm³/mol. The van der Waals surface area contributed by atoms with Crippen LogP contribution in [0.1, 0.15) is 48.9 Å². The van der Waals surface area contributed by atoms with Gasteiger partial charge in [-0.25, -0.2) is 0 Å². The largest absolute Gasteiger partial charge is 0.497 e. The zero-order valence-corrected chi connectivity index (χ0v) is 15.8. The molecule has 0 spiro atoms. The van der Waals surface area contributed by atoms with E-state index in [2.05, 4.69) is 15.5 Å². The molecule has 0 saturated heterocycles. The zero-order chi connectivity index (χ0) is 19.3. The van der Waals surface area contributed by atoms with E-state index in [4.69, 9.17) is 13.7 Å². The molecule has 1 amide bonds. The molecule has 0 aliphatic heterocycles.